The first kappa shape index (κ1) is 26.4. The zero-order chi connectivity index (χ0) is 22.9. The molecule has 0 radical (unpaired) electrons. The summed E-state index contributed by atoms with van der Waals surface area (Å²) in [6.45, 7) is 8.53. The molecule has 0 spiro atoms. The van der Waals surface area contributed by atoms with Crippen LogP contribution in [0.3, 0.4) is 0 Å². The Labute approximate surface area is 195 Å². The van der Waals surface area contributed by atoms with Crippen molar-refractivity contribution >= 4 is 33.0 Å². The number of nitrogens with one attached hydrogen (secondary N) is 1. The van der Waals surface area contributed by atoms with Crippen LogP contribution in [-0.2, 0) is 9.84 Å². The molecule has 2 heterocycles. The molecule has 2 unspecified atom stereocenters. The van der Waals surface area contributed by atoms with Gasteiger partial charge in [0.2, 0.25) is 0 Å². The predicted molar refractivity (Wildman–Crippen MR) is 132 cm³/mol. The van der Waals surface area contributed by atoms with E-state index in [0.29, 0.717) is 18.6 Å². The Balaban J connectivity index is 1.60. The van der Waals surface area contributed by atoms with Gasteiger partial charge in [0.25, 0.3) is 0 Å². The molecule has 180 valence electrons. The number of rotatable bonds is 15. The number of unbranched alkanes of at least 4 members (excludes halogenated alkanes) is 9. The number of nitrogens with zero attached hydrogens (tertiary/aromatic N) is 3. The standard InChI is InChI=1S/C23H43ClN4O2S/c1-5-6-7-8-9-10-11-12-13-14-17-31(29,30)18-15-16-19-25-26-22-20(24)21(23(2,3)4)27-28(19)22/h20,22,26H,5-18H2,1-4H3. The number of hydrazone groups is 2. The van der Waals surface area contributed by atoms with Gasteiger partial charge in [0.05, 0.1) is 17.2 Å². The van der Waals surface area contributed by atoms with Gasteiger partial charge >= 0.3 is 0 Å². The summed E-state index contributed by atoms with van der Waals surface area (Å²) >= 11 is 6.56. The summed E-state index contributed by atoms with van der Waals surface area (Å²) in [5.41, 5.74) is 3.89. The predicted octanol–water partition coefficient (Wildman–Crippen LogP) is 5.67. The van der Waals surface area contributed by atoms with E-state index >= 15 is 0 Å². The minimum atomic E-state index is -3.00. The number of fused-ring (bicyclic) bond motifs is 1. The van der Waals surface area contributed by atoms with E-state index in [9.17, 15) is 8.42 Å². The van der Waals surface area contributed by atoms with E-state index in [0.717, 1.165) is 30.8 Å². The molecule has 0 bridgehead atoms. The van der Waals surface area contributed by atoms with Crippen LogP contribution in [0.5, 0.6) is 0 Å². The number of sulfone groups is 1. The SMILES string of the molecule is CCCCCCCCCCCCS(=O)(=O)CCCC1=NNC2C(Cl)C(C(C)(C)C)=NN12. The summed E-state index contributed by atoms with van der Waals surface area (Å²) in [5.74, 6) is 1.29. The fourth-order valence-corrected chi connectivity index (χ4v) is 6.10. The van der Waals surface area contributed by atoms with Gasteiger partial charge in [-0.15, -0.1) is 11.6 Å². The van der Waals surface area contributed by atoms with E-state index in [-0.39, 0.29) is 22.7 Å². The lowest BCUT2D eigenvalue weighted by Gasteiger charge is -2.21. The maximum atomic E-state index is 12.4. The van der Waals surface area contributed by atoms with Crippen molar-refractivity contribution < 1.29 is 8.42 Å². The molecular formula is C23H43ClN4O2S. The Morgan fingerprint density at radius 1 is 0.935 bits per heavy atom. The lowest BCUT2D eigenvalue weighted by atomic mass is 9.88. The van der Waals surface area contributed by atoms with E-state index in [1.165, 1.54) is 44.9 Å². The third-order valence-electron chi connectivity index (χ3n) is 6.04. The van der Waals surface area contributed by atoms with Crippen molar-refractivity contribution in [2.24, 2.45) is 15.6 Å². The van der Waals surface area contributed by atoms with E-state index < -0.39 is 9.84 Å². The number of halogens is 1. The molecule has 2 aliphatic heterocycles. The highest BCUT2D eigenvalue weighted by Gasteiger charge is 2.45. The topological polar surface area (TPSA) is 74.1 Å². The van der Waals surface area contributed by atoms with Gasteiger partial charge in [-0.2, -0.15) is 10.2 Å². The zero-order valence-corrected chi connectivity index (χ0v) is 21.6. The molecule has 0 saturated heterocycles. The quantitative estimate of drug-likeness (QED) is 0.245. The summed E-state index contributed by atoms with van der Waals surface area (Å²) in [6, 6.07) is 0. The van der Waals surface area contributed by atoms with Gasteiger partial charge < -0.3 is 0 Å². The maximum absolute atomic E-state index is 12.4. The largest absolute Gasteiger partial charge is 0.282 e. The van der Waals surface area contributed by atoms with Crippen LogP contribution < -0.4 is 5.43 Å². The Hall–Kier alpha value is -0.820. The van der Waals surface area contributed by atoms with Crippen LogP contribution in [0, 0.1) is 5.41 Å². The molecule has 0 fully saturated rings. The fourth-order valence-electron chi connectivity index (χ4n) is 4.13. The molecule has 0 saturated carbocycles. The van der Waals surface area contributed by atoms with Crippen LogP contribution in [0.4, 0.5) is 0 Å². The monoisotopic (exact) mass is 474 g/mol. The zero-order valence-electron chi connectivity index (χ0n) is 20.0. The first-order valence-corrected chi connectivity index (χ1v) is 14.5. The Morgan fingerprint density at radius 3 is 2.06 bits per heavy atom. The molecular weight excluding hydrogens is 432 g/mol. The van der Waals surface area contributed by atoms with Crippen LogP contribution in [0.25, 0.3) is 0 Å². The van der Waals surface area contributed by atoms with Crippen molar-refractivity contribution in [2.75, 3.05) is 11.5 Å². The van der Waals surface area contributed by atoms with E-state index in [4.69, 9.17) is 11.6 Å². The molecule has 0 aromatic carbocycles. The first-order valence-electron chi connectivity index (χ1n) is 12.2. The third-order valence-corrected chi connectivity index (χ3v) is 8.31. The molecule has 0 amide bonds. The van der Waals surface area contributed by atoms with Gasteiger partial charge in [0, 0.05) is 11.8 Å². The van der Waals surface area contributed by atoms with Crippen LogP contribution in [0.2, 0.25) is 0 Å². The van der Waals surface area contributed by atoms with Gasteiger partial charge in [-0.05, 0) is 12.8 Å². The molecule has 2 rings (SSSR count). The molecule has 2 atom stereocenters. The summed E-state index contributed by atoms with van der Waals surface area (Å²) in [5, 5.41) is 10.6. The van der Waals surface area contributed by atoms with Crippen molar-refractivity contribution in [2.45, 2.75) is 116 Å². The second-order valence-corrected chi connectivity index (χ2v) is 12.8. The second kappa shape index (κ2) is 12.4. The molecule has 1 N–H and O–H groups in total. The molecule has 0 aliphatic carbocycles. The van der Waals surface area contributed by atoms with Gasteiger partial charge in [-0.1, -0.05) is 85.5 Å². The lowest BCUT2D eigenvalue weighted by molar-refractivity contribution is 0.347. The van der Waals surface area contributed by atoms with Crippen LogP contribution in [-0.4, -0.2) is 48.0 Å². The Bertz CT molecular complexity index is 716. The van der Waals surface area contributed by atoms with Crippen molar-refractivity contribution in [3.63, 3.8) is 0 Å². The fraction of sp³-hybridized carbons (Fsp3) is 0.913. The second-order valence-electron chi connectivity index (χ2n) is 10.0. The molecule has 8 heteroatoms. The third kappa shape index (κ3) is 8.56. The number of amidine groups is 1. The van der Waals surface area contributed by atoms with Crippen molar-refractivity contribution in [3.8, 4) is 0 Å². The lowest BCUT2D eigenvalue weighted by Crippen LogP contribution is -2.41. The molecule has 0 aromatic rings. The minimum absolute atomic E-state index is 0.109. The minimum Gasteiger partial charge on any atom is -0.282 e. The van der Waals surface area contributed by atoms with Crippen LogP contribution >= 0.6 is 11.6 Å². The number of hydrogen-bond acceptors (Lipinski definition) is 6. The highest BCUT2D eigenvalue weighted by Crippen LogP contribution is 2.32. The molecule has 6 nitrogen and oxygen atoms in total. The maximum Gasteiger partial charge on any atom is 0.159 e. The van der Waals surface area contributed by atoms with Gasteiger partial charge in [0.1, 0.15) is 21.0 Å². The first-order chi connectivity index (χ1) is 14.7. The Kier molecular flexibility index (Phi) is 10.6. The van der Waals surface area contributed by atoms with Gasteiger partial charge in [0.15, 0.2) is 6.17 Å². The number of alkyl halides is 1. The smallest absolute Gasteiger partial charge is 0.159 e. The van der Waals surface area contributed by atoms with E-state index in [1.54, 1.807) is 0 Å². The molecule has 2 aliphatic rings. The average molecular weight is 475 g/mol. The van der Waals surface area contributed by atoms with E-state index in [2.05, 4.69) is 43.3 Å². The summed E-state index contributed by atoms with van der Waals surface area (Å²) in [7, 11) is -3.00. The Morgan fingerprint density at radius 2 is 1.48 bits per heavy atom. The molecule has 0 aromatic heterocycles. The van der Waals surface area contributed by atoms with Crippen molar-refractivity contribution in [1.29, 1.82) is 0 Å². The van der Waals surface area contributed by atoms with Crippen LogP contribution in [0.1, 0.15) is 105 Å². The van der Waals surface area contributed by atoms with E-state index in [1.807, 2.05) is 5.01 Å². The van der Waals surface area contributed by atoms with Crippen molar-refractivity contribution in [1.82, 2.24) is 10.4 Å². The summed E-state index contributed by atoms with van der Waals surface area (Å²) < 4.78 is 24.8. The molecule has 31 heavy (non-hydrogen) atoms. The summed E-state index contributed by atoms with van der Waals surface area (Å²) in [4.78, 5) is 0. The van der Waals surface area contributed by atoms with Crippen molar-refractivity contribution in [3.05, 3.63) is 0 Å². The van der Waals surface area contributed by atoms with Crippen LogP contribution in [0.15, 0.2) is 10.2 Å². The number of hydrogen-bond donors (Lipinski definition) is 1. The van der Waals surface area contributed by atoms with Gasteiger partial charge in [-0.3, -0.25) is 5.43 Å². The highest BCUT2D eigenvalue weighted by atomic mass is 35.5. The van der Waals surface area contributed by atoms with Gasteiger partial charge in [-0.25, -0.2) is 13.4 Å². The normalized spacial score (nSPS) is 21.1. The summed E-state index contributed by atoms with van der Waals surface area (Å²) in [6.07, 6.45) is 13.1. The highest BCUT2D eigenvalue weighted by molar-refractivity contribution is 7.91. The average Bonchev–Trinajstić information content (AvgIpc) is 3.23.